The molecule has 27 heavy (non-hydrogen) atoms. The van der Waals surface area contributed by atoms with Gasteiger partial charge < -0.3 is 9.84 Å². The average molecular weight is 384 g/mol. The number of H-pyrrole nitrogens is 2. The molecular formula is C19H17F5N2O. The van der Waals surface area contributed by atoms with Crippen molar-refractivity contribution in [2.45, 2.75) is 32.6 Å². The topological polar surface area (TPSA) is 40.8 Å². The van der Waals surface area contributed by atoms with Crippen molar-refractivity contribution in [1.82, 2.24) is 10.2 Å². The van der Waals surface area contributed by atoms with Gasteiger partial charge in [0.15, 0.2) is 0 Å². The molecule has 144 valence electrons. The molecule has 8 heteroatoms. The summed E-state index contributed by atoms with van der Waals surface area (Å²) in [5, 5.41) is 5.79. The maximum atomic E-state index is 13.8. The van der Waals surface area contributed by atoms with Crippen molar-refractivity contribution in [1.29, 1.82) is 0 Å². The first-order valence-corrected chi connectivity index (χ1v) is 8.10. The minimum atomic E-state index is -4.62. The Hall–Kier alpha value is -2.77. The molecule has 0 saturated heterocycles. The minimum Gasteiger partial charge on any atom is -0.489 e. The molecule has 3 aromatic rings. The molecule has 0 unspecified atom stereocenters. The summed E-state index contributed by atoms with van der Waals surface area (Å²) in [4.78, 5) is 0. The van der Waals surface area contributed by atoms with Gasteiger partial charge in [-0.1, -0.05) is 18.2 Å². The number of benzene rings is 2. The van der Waals surface area contributed by atoms with E-state index in [1.165, 1.54) is 0 Å². The summed E-state index contributed by atoms with van der Waals surface area (Å²) in [6, 6.07) is 9.01. The number of aromatic nitrogens is 2. The lowest BCUT2D eigenvalue weighted by atomic mass is 10.00. The largest absolute Gasteiger partial charge is 0.489 e. The molecule has 0 bridgehead atoms. The number of alkyl halides is 5. The van der Waals surface area contributed by atoms with Crippen molar-refractivity contribution in [2.24, 2.45) is 0 Å². The van der Waals surface area contributed by atoms with E-state index in [0.29, 0.717) is 24.8 Å². The zero-order chi connectivity index (χ0) is 19.8. The Balaban J connectivity index is 1.87. The highest BCUT2D eigenvalue weighted by atomic mass is 19.4. The van der Waals surface area contributed by atoms with Crippen LogP contribution in [-0.2, 0) is 18.7 Å². The number of aromatic amines is 2. The fourth-order valence-corrected chi connectivity index (χ4v) is 2.76. The van der Waals surface area contributed by atoms with Crippen LogP contribution in [0.15, 0.2) is 42.5 Å². The van der Waals surface area contributed by atoms with Crippen molar-refractivity contribution in [2.75, 3.05) is 0 Å². The van der Waals surface area contributed by atoms with Crippen molar-refractivity contribution < 1.29 is 26.7 Å². The smallest absolute Gasteiger partial charge is 0.416 e. The molecule has 0 saturated carbocycles. The summed E-state index contributed by atoms with van der Waals surface area (Å²) in [6.07, 6.45) is -4.62. The van der Waals surface area contributed by atoms with Gasteiger partial charge in [0.1, 0.15) is 12.4 Å². The van der Waals surface area contributed by atoms with Crippen LogP contribution < -0.4 is 4.74 Å². The normalized spacial score (nSPS) is 12.4. The molecular weight excluding hydrogens is 367 g/mol. The summed E-state index contributed by atoms with van der Waals surface area (Å²) in [7, 11) is 0. The highest BCUT2D eigenvalue weighted by molar-refractivity contribution is 5.63. The Bertz CT molecular complexity index is 934. The quantitative estimate of drug-likeness (QED) is 0.518. The van der Waals surface area contributed by atoms with Gasteiger partial charge in [-0.15, -0.1) is 0 Å². The van der Waals surface area contributed by atoms with E-state index in [1.54, 1.807) is 18.2 Å². The van der Waals surface area contributed by atoms with Crippen molar-refractivity contribution in [3.63, 3.8) is 0 Å². The second-order valence-electron chi connectivity index (χ2n) is 6.32. The molecule has 1 aromatic heterocycles. The van der Waals surface area contributed by atoms with Crippen LogP contribution >= 0.6 is 0 Å². The summed E-state index contributed by atoms with van der Waals surface area (Å²) in [5.74, 6) is -2.92. The van der Waals surface area contributed by atoms with Crippen LogP contribution in [0.4, 0.5) is 22.0 Å². The molecule has 2 N–H and O–H groups in total. The second-order valence-corrected chi connectivity index (χ2v) is 6.32. The Morgan fingerprint density at radius 3 is 2.26 bits per heavy atom. The van der Waals surface area contributed by atoms with E-state index in [4.69, 9.17) is 4.74 Å². The number of ether oxygens (including phenoxy) is 1. The number of aryl methyl sites for hydroxylation is 1. The van der Waals surface area contributed by atoms with Crippen LogP contribution in [0, 0.1) is 6.92 Å². The van der Waals surface area contributed by atoms with Crippen molar-refractivity contribution in [3.8, 4) is 17.0 Å². The van der Waals surface area contributed by atoms with Gasteiger partial charge in [0.2, 0.25) is 0 Å². The van der Waals surface area contributed by atoms with Crippen molar-refractivity contribution in [3.05, 3.63) is 64.8 Å². The van der Waals surface area contributed by atoms with Gasteiger partial charge in [-0.05, 0) is 36.8 Å². The van der Waals surface area contributed by atoms with Crippen LogP contribution in [0.5, 0.6) is 5.75 Å². The van der Waals surface area contributed by atoms with Crippen LogP contribution in [0.25, 0.3) is 11.3 Å². The third-order valence-electron chi connectivity index (χ3n) is 4.17. The van der Waals surface area contributed by atoms with Gasteiger partial charge in [-0.25, -0.2) is 8.78 Å². The Kier molecular flexibility index (Phi) is 4.75. The third-order valence-corrected chi connectivity index (χ3v) is 4.17. The molecule has 3 rings (SSSR count). The number of hydrogen-bond donors (Lipinski definition) is 2. The van der Waals surface area contributed by atoms with Crippen LogP contribution in [0.3, 0.4) is 0 Å². The summed E-state index contributed by atoms with van der Waals surface area (Å²) in [5.41, 5.74) is 0.914. The number of hydrogen-bond acceptors (Lipinski definition) is 1. The number of halogens is 5. The van der Waals surface area contributed by atoms with E-state index in [-0.39, 0.29) is 5.56 Å². The van der Waals surface area contributed by atoms with Crippen molar-refractivity contribution >= 4 is 0 Å². The molecule has 3 nitrogen and oxygen atoms in total. The molecule has 0 aliphatic carbocycles. The van der Waals surface area contributed by atoms with Gasteiger partial charge in [0.05, 0.1) is 17.0 Å². The lowest BCUT2D eigenvalue weighted by Gasteiger charge is -2.19. The van der Waals surface area contributed by atoms with E-state index in [1.807, 2.05) is 13.0 Å². The van der Waals surface area contributed by atoms with Gasteiger partial charge in [0, 0.05) is 18.1 Å². The molecule has 0 aliphatic rings. The van der Waals surface area contributed by atoms with Gasteiger partial charge >= 0.3 is 6.18 Å². The Morgan fingerprint density at radius 2 is 1.70 bits per heavy atom. The average Bonchev–Trinajstić information content (AvgIpc) is 2.57. The fourth-order valence-electron chi connectivity index (χ4n) is 2.76. The molecule has 0 aliphatic heterocycles. The zero-order valence-electron chi connectivity index (χ0n) is 14.5. The number of nitrogens with one attached hydrogen (secondary N) is 2. The van der Waals surface area contributed by atoms with E-state index in [2.05, 4.69) is 10.2 Å². The number of rotatable bonds is 5. The minimum absolute atomic E-state index is 0.207. The maximum absolute atomic E-state index is 13.8. The lowest BCUT2D eigenvalue weighted by Crippen LogP contribution is -2.15. The van der Waals surface area contributed by atoms with E-state index in [0.717, 1.165) is 23.0 Å². The highest BCUT2D eigenvalue weighted by Gasteiger charge is 2.34. The summed E-state index contributed by atoms with van der Waals surface area (Å²) >= 11 is 0. The molecule has 0 radical (unpaired) electrons. The SMILES string of the molecule is Cc1[nH][nH]c1-c1cccc(OCc2cc(C(F)(F)F)ccc2C(C)(F)F)c1. The first kappa shape index (κ1) is 19.0. The lowest BCUT2D eigenvalue weighted by molar-refractivity contribution is -0.137. The molecule has 0 amide bonds. The predicted molar refractivity (Wildman–Crippen MR) is 90.7 cm³/mol. The van der Waals surface area contributed by atoms with Crippen LogP contribution in [-0.4, -0.2) is 10.2 Å². The monoisotopic (exact) mass is 384 g/mol. The molecule has 0 spiro atoms. The first-order valence-electron chi connectivity index (χ1n) is 8.10. The van der Waals surface area contributed by atoms with Gasteiger partial charge in [-0.3, -0.25) is 5.10 Å². The van der Waals surface area contributed by atoms with Gasteiger partial charge in [0.25, 0.3) is 5.92 Å². The van der Waals surface area contributed by atoms with E-state index >= 15 is 0 Å². The van der Waals surface area contributed by atoms with Crippen LogP contribution in [0.2, 0.25) is 0 Å². The first-order chi connectivity index (χ1) is 12.6. The van der Waals surface area contributed by atoms with Crippen LogP contribution in [0.1, 0.15) is 29.3 Å². The summed E-state index contributed by atoms with van der Waals surface area (Å²) in [6.45, 7) is 2.11. The summed E-state index contributed by atoms with van der Waals surface area (Å²) < 4.78 is 71.9. The third kappa shape index (κ3) is 4.15. The molecule has 0 atom stereocenters. The molecule has 0 fully saturated rings. The molecule has 1 heterocycles. The fraction of sp³-hybridized carbons (Fsp3) is 0.263. The Labute approximate surface area is 152 Å². The molecule has 2 aromatic carbocycles. The Morgan fingerprint density at radius 1 is 0.963 bits per heavy atom. The highest BCUT2D eigenvalue weighted by Crippen LogP contribution is 2.36. The van der Waals surface area contributed by atoms with Gasteiger partial charge in [-0.2, -0.15) is 13.2 Å². The standard InChI is InChI=1S/C19H17F5N2O/c1-11-17(26-25-11)12-4-3-5-15(9-12)27-10-13-8-14(19(22,23)24)6-7-16(13)18(2,20)21/h3-9,25-26H,10H2,1-2H3. The zero-order valence-corrected chi connectivity index (χ0v) is 14.5. The second kappa shape index (κ2) is 6.75. The maximum Gasteiger partial charge on any atom is 0.416 e. The predicted octanol–water partition coefficient (Wildman–Crippen LogP) is 6.03. The van der Waals surface area contributed by atoms with E-state index in [9.17, 15) is 22.0 Å². The van der Waals surface area contributed by atoms with E-state index < -0.39 is 29.8 Å².